The lowest BCUT2D eigenvalue weighted by molar-refractivity contribution is 0.104. The quantitative estimate of drug-likeness (QED) is 0.876. The molecule has 0 unspecified atom stereocenters. The molecule has 3 heteroatoms. The molecule has 0 amide bonds. The molecule has 1 aromatic rings. The summed E-state index contributed by atoms with van der Waals surface area (Å²) in [6.45, 7) is 5.07. The van der Waals surface area contributed by atoms with Crippen LogP contribution in [0.2, 0.25) is 0 Å². The number of benzene rings is 1. The maximum absolute atomic E-state index is 13.1. The third kappa shape index (κ3) is 3.54. The van der Waals surface area contributed by atoms with Crippen molar-refractivity contribution in [1.82, 2.24) is 5.32 Å². The van der Waals surface area contributed by atoms with Crippen LogP contribution in [0.3, 0.4) is 0 Å². The van der Waals surface area contributed by atoms with Crippen LogP contribution in [0.25, 0.3) is 0 Å². The summed E-state index contributed by atoms with van der Waals surface area (Å²) in [5, 5.41) is 13.2. The molecular weight excluding hydrogens is 241 g/mol. The van der Waals surface area contributed by atoms with Crippen molar-refractivity contribution in [1.29, 1.82) is 0 Å². The highest BCUT2D eigenvalue weighted by Gasteiger charge is 2.32. The molecule has 1 aliphatic carbocycles. The third-order valence-corrected chi connectivity index (χ3v) is 4.49. The predicted molar refractivity (Wildman–Crippen MR) is 75.4 cm³/mol. The van der Waals surface area contributed by atoms with Crippen LogP contribution in [-0.2, 0) is 6.54 Å². The molecule has 0 spiro atoms. The van der Waals surface area contributed by atoms with Crippen molar-refractivity contribution in [3.63, 3.8) is 0 Å². The average molecular weight is 265 g/mol. The molecule has 1 aromatic carbocycles. The summed E-state index contributed by atoms with van der Waals surface area (Å²) in [4.78, 5) is 0. The first-order chi connectivity index (χ1) is 9.04. The number of rotatable bonds is 4. The van der Waals surface area contributed by atoms with Crippen LogP contribution < -0.4 is 5.32 Å². The van der Waals surface area contributed by atoms with Crippen LogP contribution in [-0.4, -0.2) is 17.3 Å². The van der Waals surface area contributed by atoms with Gasteiger partial charge in [-0.1, -0.05) is 13.0 Å². The van der Waals surface area contributed by atoms with Gasteiger partial charge >= 0.3 is 0 Å². The molecule has 0 aliphatic heterocycles. The van der Waals surface area contributed by atoms with Crippen molar-refractivity contribution in [2.45, 2.75) is 51.6 Å². The molecule has 2 rings (SSSR count). The van der Waals surface area contributed by atoms with E-state index in [2.05, 4.69) is 12.2 Å². The molecule has 0 aromatic heterocycles. The van der Waals surface area contributed by atoms with Crippen LogP contribution >= 0.6 is 0 Å². The van der Waals surface area contributed by atoms with Gasteiger partial charge in [-0.05, 0) is 61.8 Å². The van der Waals surface area contributed by atoms with Gasteiger partial charge in [0.2, 0.25) is 0 Å². The average Bonchev–Trinajstić information content (AvgIpc) is 2.40. The molecule has 0 bridgehead atoms. The third-order valence-electron chi connectivity index (χ3n) is 4.49. The largest absolute Gasteiger partial charge is 0.394 e. The Labute approximate surface area is 115 Å². The fraction of sp³-hybridized carbons (Fsp3) is 0.625. The van der Waals surface area contributed by atoms with E-state index in [0.717, 1.165) is 42.7 Å². The lowest BCUT2D eigenvalue weighted by Crippen LogP contribution is -2.50. The summed E-state index contributed by atoms with van der Waals surface area (Å²) in [5.41, 5.74) is 1.92. The Bertz CT molecular complexity index is 425. The van der Waals surface area contributed by atoms with Crippen molar-refractivity contribution < 1.29 is 9.50 Å². The van der Waals surface area contributed by atoms with Crippen LogP contribution in [0.5, 0.6) is 0 Å². The van der Waals surface area contributed by atoms with Gasteiger partial charge in [-0.2, -0.15) is 0 Å². The monoisotopic (exact) mass is 265 g/mol. The summed E-state index contributed by atoms with van der Waals surface area (Å²) < 4.78 is 13.1. The van der Waals surface area contributed by atoms with E-state index < -0.39 is 0 Å². The van der Waals surface area contributed by atoms with E-state index in [1.54, 1.807) is 6.07 Å². The molecule has 1 fully saturated rings. The molecule has 2 N–H and O–H groups in total. The number of aryl methyl sites for hydroxylation is 1. The minimum Gasteiger partial charge on any atom is -0.394 e. The van der Waals surface area contributed by atoms with Crippen LogP contribution in [0, 0.1) is 18.7 Å². The minimum atomic E-state index is -0.190. The Morgan fingerprint density at radius 1 is 1.37 bits per heavy atom. The summed E-state index contributed by atoms with van der Waals surface area (Å²) in [6.07, 6.45) is 4.36. The molecule has 1 saturated carbocycles. The number of halogens is 1. The molecule has 1 aliphatic rings. The van der Waals surface area contributed by atoms with Gasteiger partial charge in [-0.3, -0.25) is 0 Å². The first-order valence-electron chi connectivity index (χ1n) is 7.15. The van der Waals surface area contributed by atoms with E-state index in [4.69, 9.17) is 0 Å². The molecule has 0 saturated heterocycles. The lowest BCUT2D eigenvalue weighted by atomic mass is 9.77. The molecular formula is C16H24FNO. The summed E-state index contributed by atoms with van der Waals surface area (Å²) in [5.74, 6) is 0.568. The number of aliphatic hydroxyl groups is 1. The Hall–Kier alpha value is -0.930. The van der Waals surface area contributed by atoms with Gasteiger partial charge in [0, 0.05) is 12.1 Å². The van der Waals surface area contributed by atoms with Gasteiger partial charge in [0.1, 0.15) is 5.82 Å². The van der Waals surface area contributed by atoms with E-state index in [9.17, 15) is 9.50 Å². The second kappa shape index (κ2) is 6.02. The SMILES string of the molecule is Cc1cc(F)ccc1CNC1(CO)CCC(C)CC1. The molecule has 0 heterocycles. The van der Waals surface area contributed by atoms with Gasteiger partial charge in [-0.15, -0.1) is 0 Å². The second-order valence-corrected chi connectivity index (χ2v) is 6.05. The Balaban J connectivity index is 2.00. The molecule has 0 atom stereocenters. The summed E-state index contributed by atoms with van der Waals surface area (Å²) in [6, 6.07) is 4.89. The Kier molecular flexibility index (Phi) is 4.58. The first kappa shape index (κ1) is 14.5. The fourth-order valence-corrected chi connectivity index (χ4v) is 2.85. The molecule has 106 valence electrons. The van der Waals surface area contributed by atoms with E-state index in [-0.39, 0.29) is 18.0 Å². The number of nitrogens with one attached hydrogen (secondary N) is 1. The zero-order chi connectivity index (χ0) is 13.9. The van der Waals surface area contributed by atoms with Crippen LogP contribution in [0.15, 0.2) is 18.2 Å². The van der Waals surface area contributed by atoms with Crippen LogP contribution in [0.1, 0.15) is 43.7 Å². The number of hydrogen-bond acceptors (Lipinski definition) is 2. The van der Waals surface area contributed by atoms with Gasteiger partial charge in [0.05, 0.1) is 6.61 Å². The van der Waals surface area contributed by atoms with Crippen LogP contribution in [0.4, 0.5) is 4.39 Å². The van der Waals surface area contributed by atoms with E-state index in [1.165, 1.54) is 6.07 Å². The topological polar surface area (TPSA) is 32.3 Å². The molecule has 2 nitrogen and oxygen atoms in total. The van der Waals surface area contributed by atoms with E-state index in [0.29, 0.717) is 6.54 Å². The maximum atomic E-state index is 13.1. The minimum absolute atomic E-state index is 0.145. The fourth-order valence-electron chi connectivity index (χ4n) is 2.85. The van der Waals surface area contributed by atoms with Gasteiger partial charge < -0.3 is 10.4 Å². The van der Waals surface area contributed by atoms with Crippen molar-refractivity contribution in [2.24, 2.45) is 5.92 Å². The predicted octanol–water partition coefficient (Wildman–Crippen LogP) is 3.16. The van der Waals surface area contributed by atoms with Gasteiger partial charge in [0.25, 0.3) is 0 Å². The Morgan fingerprint density at radius 2 is 2.05 bits per heavy atom. The molecule has 0 radical (unpaired) electrons. The Morgan fingerprint density at radius 3 is 2.63 bits per heavy atom. The van der Waals surface area contributed by atoms with E-state index in [1.807, 2.05) is 13.0 Å². The second-order valence-electron chi connectivity index (χ2n) is 6.05. The smallest absolute Gasteiger partial charge is 0.123 e. The summed E-state index contributed by atoms with van der Waals surface area (Å²) >= 11 is 0. The van der Waals surface area contributed by atoms with Gasteiger partial charge in [0.15, 0.2) is 0 Å². The van der Waals surface area contributed by atoms with Crippen molar-refractivity contribution >= 4 is 0 Å². The highest BCUT2D eigenvalue weighted by atomic mass is 19.1. The highest BCUT2D eigenvalue weighted by molar-refractivity contribution is 5.26. The lowest BCUT2D eigenvalue weighted by Gasteiger charge is -2.39. The maximum Gasteiger partial charge on any atom is 0.123 e. The van der Waals surface area contributed by atoms with Crippen molar-refractivity contribution in [3.05, 3.63) is 35.1 Å². The van der Waals surface area contributed by atoms with Gasteiger partial charge in [-0.25, -0.2) is 4.39 Å². The normalized spacial score (nSPS) is 27.5. The number of hydrogen-bond donors (Lipinski definition) is 2. The van der Waals surface area contributed by atoms with Crippen molar-refractivity contribution in [2.75, 3.05) is 6.61 Å². The number of aliphatic hydroxyl groups excluding tert-OH is 1. The highest BCUT2D eigenvalue weighted by Crippen LogP contribution is 2.32. The van der Waals surface area contributed by atoms with E-state index >= 15 is 0 Å². The molecule has 19 heavy (non-hydrogen) atoms. The summed E-state index contributed by atoms with van der Waals surface area (Å²) in [7, 11) is 0. The zero-order valence-corrected chi connectivity index (χ0v) is 11.9. The first-order valence-corrected chi connectivity index (χ1v) is 7.15. The standard InChI is InChI=1S/C16H24FNO/c1-12-5-7-16(11-19,8-6-12)18-10-14-3-4-15(17)9-13(14)2/h3-4,9,12,18-19H,5-8,10-11H2,1-2H3. The zero-order valence-electron chi connectivity index (χ0n) is 11.9. The van der Waals surface area contributed by atoms with Crippen molar-refractivity contribution in [3.8, 4) is 0 Å².